The average Bonchev–Trinajstić information content (AvgIpc) is 2.91. The summed E-state index contributed by atoms with van der Waals surface area (Å²) >= 11 is 0. The van der Waals surface area contributed by atoms with E-state index in [-0.39, 0.29) is 18.1 Å². The molecule has 1 aliphatic rings. The second kappa shape index (κ2) is 6.19. The first-order valence-corrected chi connectivity index (χ1v) is 8.20. The Kier molecular flexibility index (Phi) is 4.33. The van der Waals surface area contributed by atoms with Gasteiger partial charge in [-0.15, -0.1) is 0 Å². The molecule has 0 fully saturated rings. The molecule has 25 heavy (non-hydrogen) atoms. The van der Waals surface area contributed by atoms with E-state index in [4.69, 9.17) is 14.0 Å². The van der Waals surface area contributed by atoms with Gasteiger partial charge in [0.1, 0.15) is 11.5 Å². The lowest BCUT2D eigenvalue weighted by Crippen LogP contribution is -2.48. The second-order valence-electron chi connectivity index (χ2n) is 6.81. The predicted molar refractivity (Wildman–Crippen MR) is 91.1 cm³/mol. The van der Waals surface area contributed by atoms with Gasteiger partial charge in [-0.1, -0.05) is 11.2 Å². The summed E-state index contributed by atoms with van der Waals surface area (Å²) in [4.78, 5) is 12.5. The predicted octanol–water partition coefficient (Wildman–Crippen LogP) is 2.64. The van der Waals surface area contributed by atoms with E-state index in [1.165, 1.54) is 6.92 Å². The van der Waals surface area contributed by atoms with Crippen molar-refractivity contribution in [1.82, 2.24) is 5.16 Å². The Hall–Kier alpha value is -2.34. The highest BCUT2D eigenvalue weighted by atomic mass is 16.5. The van der Waals surface area contributed by atoms with Gasteiger partial charge < -0.3 is 19.1 Å². The molecule has 1 N–H and O–H groups in total. The largest absolute Gasteiger partial charge is 0.493 e. The normalized spacial score (nSPS) is 25.4. The number of aliphatic hydroxyl groups is 1. The monoisotopic (exact) mass is 345 g/mol. The summed E-state index contributed by atoms with van der Waals surface area (Å²) in [5.74, 6) is 0.810. The molecule has 1 aliphatic carbocycles. The van der Waals surface area contributed by atoms with Gasteiger partial charge in [-0.2, -0.15) is 0 Å². The second-order valence-corrected chi connectivity index (χ2v) is 6.81. The Morgan fingerprint density at radius 3 is 2.60 bits per heavy atom. The van der Waals surface area contributed by atoms with E-state index in [1.54, 1.807) is 27.2 Å². The molecule has 0 radical (unpaired) electrons. The third-order valence-corrected chi connectivity index (χ3v) is 5.03. The molecule has 0 unspecified atom stereocenters. The maximum absolute atomic E-state index is 12.5. The van der Waals surface area contributed by atoms with Crippen LogP contribution in [0.3, 0.4) is 0 Å². The first-order chi connectivity index (χ1) is 11.8. The number of carbonyl (C=O) groups excluding carboxylic acids is 1. The van der Waals surface area contributed by atoms with Gasteiger partial charge in [-0.05, 0) is 38.5 Å². The number of hydrogen-bond donors (Lipinski definition) is 1. The molecule has 6 nitrogen and oxygen atoms in total. The van der Waals surface area contributed by atoms with Crippen LogP contribution in [0.1, 0.15) is 42.3 Å². The number of ketones is 1. The minimum Gasteiger partial charge on any atom is -0.493 e. The molecule has 0 saturated heterocycles. The van der Waals surface area contributed by atoms with E-state index in [2.05, 4.69) is 5.16 Å². The zero-order valence-electron chi connectivity index (χ0n) is 15.1. The zero-order chi connectivity index (χ0) is 18.4. The highest BCUT2D eigenvalue weighted by Crippen LogP contribution is 2.48. The maximum Gasteiger partial charge on any atom is 0.161 e. The molecule has 1 aromatic carbocycles. The summed E-state index contributed by atoms with van der Waals surface area (Å²) in [5, 5.41) is 15.1. The standard InChI is InChI=1S/C19H23NO5/c1-10(21)18-17(12-6-7-14(23-4)15(8-12)24-5)16-11(2)25-20-13(16)9-19(18,3)22/h6-8,17-18,22H,9H2,1-5H3/t17-,18+,19+/m1/s1. The van der Waals surface area contributed by atoms with E-state index in [0.717, 1.165) is 11.1 Å². The van der Waals surface area contributed by atoms with Crippen molar-refractivity contribution in [2.24, 2.45) is 5.92 Å². The van der Waals surface area contributed by atoms with Crippen molar-refractivity contribution in [3.63, 3.8) is 0 Å². The Balaban J connectivity index is 2.23. The SMILES string of the molecule is COc1ccc([C@@H]2c3c(noc3C)C[C@](C)(O)[C@H]2C(C)=O)cc1OC. The lowest BCUT2D eigenvalue weighted by molar-refractivity contribution is -0.130. The first-order valence-electron chi connectivity index (χ1n) is 8.20. The summed E-state index contributed by atoms with van der Waals surface area (Å²) < 4.78 is 16.1. The van der Waals surface area contributed by atoms with Crippen LogP contribution in [-0.2, 0) is 11.2 Å². The van der Waals surface area contributed by atoms with E-state index in [0.29, 0.717) is 23.0 Å². The van der Waals surface area contributed by atoms with Crippen LogP contribution in [0.5, 0.6) is 11.5 Å². The van der Waals surface area contributed by atoms with Gasteiger partial charge in [-0.3, -0.25) is 4.79 Å². The summed E-state index contributed by atoms with van der Waals surface area (Å²) in [7, 11) is 3.14. The van der Waals surface area contributed by atoms with Crippen LogP contribution < -0.4 is 9.47 Å². The Morgan fingerprint density at radius 2 is 2.00 bits per heavy atom. The molecule has 3 atom stereocenters. The van der Waals surface area contributed by atoms with Crippen molar-refractivity contribution in [3.8, 4) is 11.5 Å². The molecule has 1 aromatic heterocycles. The summed E-state index contributed by atoms with van der Waals surface area (Å²) in [6.07, 6.45) is 0.285. The molecule has 0 spiro atoms. The topological polar surface area (TPSA) is 81.8 Å². The first kappa shape index (κ1) is 17.5. The number of aromatic nitrogens is 1. The lowest BCUT2D eigenvalue weighted by Gasteiger charge is -2.40. The van der Waals surface area contributed by atoms with Crippen LogP contribution in [0.25, 0.3) is 0 Å². The molecular formula is C19H23NO5. The molecule has 0 aliphatic heterocycles. The molecule has 1 heterocycles. The van der Waals surface area contributed by atoms with Crippen LogP contribution >= 0.6 is 0 Å². The highest BCUT2D eigenvalue weighted by Gasteiger charge is 2.49. The zero-order valence-corrected chi connectivity index (χ0v) is 15.1. The third-order valence-electron chi connectivity index (χ3n) is 5.03. The Bertz CT molecular complexity index is 808. The Morgan fingerprint density at radius 1 is 1.32 bits per heavy atom. The fourth-order valence-corrected chi connectivity index (χ4v) is 4.00. The smallest absolute Gasteiger partial charge is 0.161 e. The van der Waals surface area contributed by atoms with E-state index in [9.17, 15) is 9.90 Å². The van der Waals surface area contributed by atoms with Crippen molar-refractivity contribution >= 4 is 5.78 Å². The van der Waals surface area contributed by atoms with Crippen LogP contribution in [0.2, 0.25) is 0 Å². The van der Waals surface area contributed by atoms with Gasteiger partial charge >= 0.3 is 0 Å². The number of nitrogens with zero attached hydrogens (tertiary/aromatic N) is 1. The van der Waals surface area contributed by atoms with Gasteiger partial charge in [0.15, 0.2) is 11.5 Å². The molecule has 0 amide bonds. The van der Waals surface area contributed by atoms with Gasteiger partial charge in [0.25, 0.3) is 0 Å². The maximum atomic E-state index is 12.5. The molecule has 2 aromatic rings. The van der Waals surface area contributed by atoms with Crippen molar-refractivity contribution < 1.29 is 23.9 Å². The number of fused-ring (bicyclic) bond motifs is 1. The molecule has 134 valence electrons. The fourth-order valence-electron chi connectivity index (χ4n) is 4.00. The van der Waals surface area contributed by atoms with E-state index in [1.807, 2.05) is 19.1 Å². The number of benzene rings is 1. The minimum atomic E-state index is -1.21. The van der Waals surface area contributed by atoms with Gasteiger partial charge in [0, 0.05) is 17.9 Å². The van der Waals surface area contributed by atoms with Gasteiger partial charge in [0.2, 0.25) is 0 Å². The highest BCUT2D eigenvalue weighted by molar-refractivity contribution is 5.82. The van der Waals surface area contributed by atoms with Crippen LogP contribution in [-0.4, -0.2) is 35.9 Å². The number of aryl methyl sites for hydroxylation is 1. The Labute approximate surface area is 146 Å². The van der Waals surface area contributed by atoms with Gasteiger partial charge in [0.05, 0.1) is 31.4 Å². The van der Waals surface area contributed by atoms with Crippen molar-refractivity contribution in [2.45, 2.75) is 38.7 Å². The molecular weight excluding hydrogens is 322 g/mol. The molecule has 0 bridgehead atoms. The number of methoxy groups -OCH3 is 2. The number of Topliss-reactive ketones (excluding diaryl/α,β-unsaturated/α-hetero) is 1. The summed E-state index contributed by atoms with van der Waals surface area (Å²) in [6, 6.07) is 5.54. The minimum absolute atomic E-state index is 0.0731. The summed E-state index contributed by atoms with van der Waals surface area (Å²) in [5.41, 5.74) is 1.21. The lowest BCUT2D eigenvalue weighted by atomic mass is 9.64. The number of ether oxygens (including phenoxy) is 2. The number of carbonyl (C=O) groups is 1. The quantitative estimate of drug-likeness (QED) is 0.917. The number of hydrogen-bond acceptors (Lipinski definition) is 6. The van der Waals surface area contributed by atoms with Crippen LogP contribution in [0, 0.1) is 12.8 Å². The van der Waals surface area contributed by atoms with Crippen LogP contribution in [0.15, 0.2) is 22.7 Å². The third kappa shape index (κ3) is 2.80. The van der Waals surface area contributed by atoms with E-state index < -0.39 is 11.5 Å². The molecule has 0 saturated carbocycles. The van der Waals surface area contributed by atoms with Crippen LogP contribution in [0.4, 0.5) is 0 Å². The van der Waals surface area contributed by atoms with Crippen molar-refractivity contribution in [1.29, 1.82) is 0 Å². The fraction of sp³-hybridized carbons (Fsp3) is 0.474. The number of rotatable bonds is 4. The summed E-state index contributed by atoms with van der Waals surface area (Å²) in [6.45, 7) is 5.03. The van der Waals surface area contributed by atoms with Crippen molar-refractivity contribution in [2.75, 3.05) is 14.2 Å². The molecule has 6 heteroatoms. The van der Waals surface area contributed by atoms with Crippen molar-refractivity contribution in [3.05, 3.63) is 40.8 Å². The average molecular weight is 345 g/mol. The van der Waals surface area contributed by atoms with Gasteiger partial charge in [-0.25, -0.2) is 0 Å². The van der Waals surface area contributed by atoms with E-state index >= 15 is 0 Å². The molecule has 3 rings (SSSR count).